The molecule has 2 N–H and O–H groups in total. The molecule has 120 valence electrons. The predicted molar refractivity (Wildman–Crippen MR) is 85.6 cm³/mol. The van der Waals surface area contributed by atoms with Crippen LogP contribution < -0.4 is 15.5 Å². The number of hydrogen-bond donors (Lipinski definition) is 2. The molecule has 1 atom stereocenters. The summed E-state index contributed by atoms with van der Waals surface area (Å²) >= 11 is 5.85. The van der Waals surface area contributed by atoms with Gasteiger partial charge in [-0.05, 0) is 37.6 Å². The van der Waals surface area contributed by atoms with E-state index >= 15 is 0 Å². The number of carbonyl (C=O) groups excluding carboxylic acids is 2. The molecule has 1 fully saturated rings. The number of nitrogens with zero attached hydrogens (tertiary/aromatic N) is 2. The molecule has 1 aromatic carbocycles. The molecule has 2 heterocycles. The summed E-state index contributed by atoms with van der Waals surface area (Å²) in [5.41, 5.74) is 0.760. The smallest absolute Gasteiger partial charge is 0.321 e. The molecule has 0 bridgehead atoms. The maximum absolute atomic E-state index is 12.4. The zero-order valence-electron chi connectivity index (χ0n) is 12.4. The van der Waals surface area contributed by atoms with Crippen molar-refractivity contribution in [2.45, 2.75) is 19.4 Å². The Morgan fingerprint density at radius 1 is 1.39 bits per heavy atom. The average Bonchev–Trinajstić information content (AvgIpc) is 3.07. The van der Waals surface area contributed by atoms with E-state index in [2.05, 4.69) is 15.8 Å². The highest BCUT2D eigenvalue weighted by Crippen LogP contribution is 2.23. The molecule has 3 amide bonds. The SMILES string of the molecule is Cc1cc(NC(=O)N[C@@H]2CCN(c3ccc(Cl)cc3)C2=O)no1. The maximum atomic E-state index is 12.4. The summed E-state index contributed by atoms with van der Waals surface area (Å²) in [5.74, 6) is 0.741. The lowest BCUT2D eigenvalue weighted by Crippen LogP contribution is -2.43. The van der Waals surface area contributed by atoms with Crippen LogP contribution in [0.1, 0.15) is 12.2 Å². The topological polar surface area (TPSA) is 87.5 Å². The van der Waals surface area contributed by atoms with Crippen LogP contribution in [0.25, 0.3) is 0 Å². The van der Waals surface area contributed by atoms with E-state index in [1.165, 1.54) is 0 Å². The summed E-state index contributed by atoms with van der Waals surface area (Å²) in [4.78, 5) is 25.9. The first kappa shape index (κ1) is 15.4. The Morgan fingerprint density at radius 3 is 2.78 bits per heavy atom. The normalized spacial score (nSPS) is 17.4. The summed E-state index contributed by atoms with van der Waals surface area (Å²) in [6, 6.07) is 7.54. The summed E-state index contributed by atoms with van der Waals surface area (Å²) in [6.45, 7) is 2.26. The molecule has 0 spiro atoms. The number of nitrogens with one attached hydrogen (secondary N) is 2. The van der Waals surface area contributed by atoms with Gasteiger partial charge < -0.3 is 14.7 Å². The fraction of sp³-hybridized carbons (Fsp3) is 0.267. The molecule has 0 radical (unpaired) electrons. The molecule has 1 aromatic heterocycles. The van der Waals surface area contributed by atoms with Crippen molar-refractivity contribution in [3.63, 3.8) is 0 Å². The highest BCUT2D eigenvalue weighted by atomic mass is 35.5. The monoisotopic (exact) mass is 334 g/mol. The minimum absolute atomic E-state index is 0.154. The Kier molecular flexibility index (Phi) is 4.20. The third-order valence-corrected chi connectivity index (χ3v) is 3.77. The zero-order valence-corrected chi connectivity index (χ0v) is 13.1. The lowest BCUT2D eigenvalue weighted by Gasteiger charge is -2.17. The fourth-order valence-electron chi connectivity index (χ4n) is 2.43. The summed E-state index contributed by atoms with van der Waals surface area (Å²) in [7, 11) is 0. The van der Waals surface area contributed by atoms with Gasteiger partial charge in [0.1, 0.15) is 11.8 Å². The van der Waals surface area contributed by atoms with Crippen molar-refractivity contribution in [1.82, 2.24) is 10.5 Å². The molecule has 3 rings (SSSR count). The molecule has 1 aliphatic rings. The van der Waals surface area contributed by atoms with Gasteiger partial charge >= 0.3 is 6.03 Å². The molecule has 23 heavy (non-hydrogen) atoms. The van der Waals surface area contributed by atoms with Gasteiger partial charge in [-0.1, -0.05) is 16.8 Å². The number of anilines is 2. The Bertz CT molecular complexity index is 729. The second kappa shape index (κ2) is 6.29. The van der Waals surface area contributed by atoms with Gasteiger partial charge in [-0.15, -0.1) is 0 Å². The first-order valence-corrected chi connectivity index (χ1v) is 7.48. The van der Waals surface area contributed by atoms with E-state index in [1.807, 2.05) is 0 Å². The quantitative estimate of drug-likeness (QED) is 0.903. The predicted octanol–water partition coefficient (Wildman–Crippen LogP) is 2.56. The highest BCUT2D eigenvalue weighted by molar-refractivity contribution is 6.30. The van der Waals surface area contributed by atoms with Crippen LogP contribution >= 0.6 is 11.6 Å². The van der Waals surface area contributed by atoms with Crippen LogP contribution in [0.5, 0.6) is 0 Å². The van der Waals surface area contributed by atoms with Gasteiger partial charge in [-0.2, -0.15) is 0 Å². The van der Waals surface area contributed by atoms with Crippen molar-refractivity contribution in [1.29, 1.82) is 0 Å². The van der Waals surface area contributed by atoms with E-state index in [0.29, 0.717) is 29.6 Å². The molecular formula is C15H15ClN4O3. The second-order valence-corrected chi connectivity index (χ2v) is 5.67. The van der Waals surface area contributed by atoms with Gasteiger partial charge in [0.05, 0.1) is 0 Å². The summed E-state index contributed by atoms with van der Waals surface area (Å²) < 4.78 is 4.86. The summed E-state index contributed by atoms with van der Waals surface area (Å²) in [6.07, 6.45) is 0.534. The molecule has 2 aromatic rings. The van der Waals surface area contributed by atoms with Gasteiger partial charge in [0.25, 0.3) is 0 Å². The third-order valence-electron chi connectivity index (χ3n) is 3.52. The standard InChI is InChI=1S/C15H15ClN4O3/c1-9-8-13(19-23-9)18-15(22)17-12-6-7-20(14(12)21)11-4-2-10(16)3-5-11/h2-5,8,12H,6-7H2,1H3,(H2,17,18,19,22)/t12-/m1/s1. The van der Waals surface area contributed by atoms with Crippen molar-refractivity contribution < 1.29 is 14.1 Å². The van der Waals surface area contributed by atoms with Crippen molar-refractivity contribution >= 4 is 35.0 Å². The Morgan fingerprint density at radius 2 is 2.13 bits per heavy atom. The number of rotatable bonds is 3. The van der Waals surface area contributed by atoms with E-state index in [-0.39, 0.29) is 5.91 Å². The van der Waals surface area contributed by atoms with Crippen LogP contribution in [0.4, 0.5) is 16.3 Å². The lowest BCUT2D eigenvalue weighted by atomic mass is 10.2. The van der Waals surface area contributed by atoms with Crippen LogP contribution in [0.2, 0.25) is 5.02 Å². The molecule has 0 aliphatic carbocycles. The highest BCUT2D eigenvalue weighted by Gasteiger charge is 2.33. The van der Waals surface area contributed by atoms with E-state index in [0.717, 1.165) is 5.69 Å². The Hall–Kier alpha value is -2.54. The fourth-order valence-corrected chi connectivity index (χ4v) is 2.55. The molecule has 0 saturated carbocycles. The van der Waals surface area contributed by atoms with E-state index in [4.69, 9.17) is 16.1 Å². The number of aromatic nitrogens is 1. The lowest BCUT2D eigenvalue weighted by molar-refractivity contribution is -0.118. The van der Waals surface area contributed by atoms with Gasteiger partial charge in [0.15, 0.2) is 5.82 Å². The van der Waals surface area contributed by atoms with Gasteiger partial charge in [-0.3, -0.25) is 10.1 Å². The number of aryl methyl sites for hydroxylation is 1. The number of hydrogen-bond acceptors (Lipinski definition) is 4. The van der Waals surface area contributed by atoms with E-state index in [1.54, 1.807) is 42.2 Å². The molecule has 7 nitrogen and oxygen atoms in total. The number of benzene rings is 1. The minimum Gasteiger partial charge on any atom is -0.360 e. The number of amides is 3. The first-order chi connectivity index (χ1) is 11.0. The molecular weight excluding hydrogens is 320 g/mol. The van der Waals surface area contributed by atoms with Gasteiger partial charge in [-0.25, -0.2) is 4.79 Å². The van der Waals surface area contributed by atoms with Crippen LogP contribution in [0, 0.1) is 6.92 Å². The molecule has 8 heteroatoms. The largest absolute Gasteiger partial charge is 0.360 e. The number of urea groups is 1. The van der Waals surface area contributed by atoms with Crippen molar-refractivity contribution in [2.24, 2.45) is 0 Å². The van der Waals surface area contributed by atoms with Crippen molar-refractivity contribution in [3.8, 4) is 0 Å². The van der Waals surface area contributed by atoms with Crippen molar-refractivity contribution in [3.05, 3.63) is 41.1 Å². The molecule has 1 saturated heterocycles. The van der Waals surface area contributed by atoms with Crippen LogP contribution in [0.3, 0.4) is 0 Å². The van der Waals surface area contributed by atoms with Crippen LogP contribution in [-0.4, -0.2) is 29.7 Å². The maximum Gasteiger partial charge on any atom is 0.321 e. The van der Waals surface area contributed by atoms with Crippen molar-refractivity contribution in [2.75, 3.05) is 16.8 Å². The molecule has 1 aliphatic heterocycles. The summed E-state index contributed by atoms with van der Waals surface area (Å²) in [5, 5.41) is 9.45. The second-order valence-electron chi connectivity index (χ2n) is 5.23. The van der Waals surface area contributed by atoms with Gasteiger partial charge in [0.2, 0.25) is 5.91 Å². The van der Waals surface area contributed by atoms with Gasteiger partial charge in [0, 0.05) is 23.3 Å². The van der Waals surface area contributed by atoms with Crippen LogP contribution in [-0.2, 0) is 4.79 Å². The first-order valence-electron chi connectivity index (χ1n) is 7.11. The Labute approximate surface area is 137 Å². The minimum atomic E-state index is -0.571. The molecule has 0 unspecified atom stereocenters. The third kappa shape index (κ3) is 3.45. The van der Waals surface area contributed by atoms with E-state index in [9.17, 15) is 9.59 Å². The Balaban J connectivity index is 1.60. The average molecular weight is 335 g/mol. The van der Waals surface area contributed by atoms with Crippen LogP contribution in [0.15, 0.2) is 34.9 Å². The zero-order chi connectivity index (χ0) is 16.4. The van der Waals surface area contributed by atoms with E-state index < -0.39 is 12.1 Å². The number of halogens is 1. The number of carbonyl (C=O) groups is 2.